The molecule has 2 aromatic carbocycles. The average Bonchev–Trinajstić information content (AvgIpc) is 2.89. The summed E-state index contributed by atoms with van der Waals surface area (Å²) in [6.07, 6.45) is -0.0441. The molecule has 0 aliphatic rings. The minimum Gasteiger partial charge on any atom is -1.00 e. The molecule has 3 aromatic rings. The Labute approximate surface area is 155 Å². The summed E-state index contributed by atoms with van der Waals surface area (Å²) in [6.45, 7) is 0. The topological polar surface area (TPSA) is 112 Å². The van der Waals surface area contributed by atoms with Crippen molar-refractivity contribution in [3.63, 3.8) is 0 Å². The largest absolute Gasteiger partial charge is 1.00 e. The molecule has 0 spiro atoms. The van der Waals surface area contributed by atoms with Gasteiger partial charge in [0.05, 0.1) is 5.71 Å². The maximum Gasteiger partial charge on any atom is 1.00 e. The molecule has 0 saturated heterocycles. The summed E-state index contributed by atoms with van der Waals surface area (Å²) in [6, 6.07) is 12.4. The van der Waals surface area contributed by atoms with Crippen LogP contribution in [0.15, 0.2) is 47.6 Å². The summed E-state index contributed by atoms with van der Waals surface area (Å²) < 4.78 is 0. The number of aliphatic carboxylic acids is 1. The van der Waals surface area contributed by atoms with E-state index in [4.69, 9.17) is 16.0 Å². The number of nitrogens with zero attached hydrogens (tertiary/aromatic N) is 1. The first-order chi connectivity index (χ1) is 10.6. The maximum atomic E-state index is 10.8. The standard InChI is InChI=1S/C16H15N3O3.Na.H/c17-12(16(20)21)8-14(19-22)9-5-6-11-10-3-1-2-4-13(10)18-15(11)7-9;;/h1-7,12,18,22H,8,17H2,(H,20,21);;/q;+1;-1/b19-14+;;. The molecule has 0 fully saturated rings. The van der Waals surface area contributed by atoms with E-state index >= 15 is 0 Å². The first-order valence-corrected chi connectivity index (χ1v) is 6.80. The zero-order chi connectivity index (χ0) is 15.7. The van der Waals surface area contributed by atoms with E-state index in [9.17, 15) is 4.79 Å². The molecule has 0 amide bonds. The summed E-state index contributed by atoms with van der Waals surface area (Å²) in [7, 11) is 0. The van der Waals surface area contributed by atoms with Crippen molar-refractivity contribution < 1.29 is 46.1 Å². The van der Waals surface area contributed by atoms with Crippen LogP contribution >= 0.6 is 0 Å². The minimum absolute atomic E-state index is 0. The third-order valence-corrected chi connectivity index (χ3v) is 3.69. The van der Waals surface area contributed by atoms with Crippen LogP contribution in [0.5, 0.6) is 0 Å². The number of hydrogen-bond acceptors (Lipinski definition) is 4. The molecule has 1 unspecified atom stereocenters. The molecule has 23 heavy (non-hydrogen) atoms. The molecule has 114 valence electrons. The first-order valence-electron chi connectivity index (χ1n) is 6.80. The van der Waals surface area contributed by atoms with Crippen LogP contribution in [0.25, 0.3) is 21.8 Å². The van der Waals surface area contributed by atoms with Crippen molar-refractivity contribution in [3.8, 4) is 0 Å². The van der Waals surface area contributed by atoms with Crippen LogP contribution in [-0.2, 0) is 4.79 Å². The number of benzene rings is 2. The zero-order valence-electron chi connectivity index (χ0n) is 13.7. The van der Waals surface area contributed by atoms with E-state index in [2.05, 4.69) is 10.1 Å². The number of carboxylic acids is 1. The predicted octanol–water partition coefficient (Wildman–Crippen LogP) is -0.582. The molecule has 6 nitrogen and oxygen atoms in total. The van der Waals surface area contributed by atoms with E-state index < -0.39 is 12.0 Å². The molecule has 3 rings (SSSR count). The third-order valence-electron chi connectivity index (χ3n) is 3.69. The number of para-hydroxylation sites is 1. The van der Waals surface area contributed by atoms with Gasteiger partial charge in [-0.25, -0.2) is 0 Å². The molecule has 0 bridgehead atoms. The average molecular weight is 321 g/mol. The minimum atomic E-state index is -1.13. The SMILES string of the molecule is NC(C/C(=N\O)c1ccc2c(c1)[nH]c1ccccc12)C(=O)O.[H-].[Na+]. The quantitative estimate of drug-likeness (QED) is 0.223. The number of aromatic nitrogens is 1. The normalized spacial score (nSPS) is 13.0. The van der Waals surface area contributed by atoms with Gasteiger partial charge in [0, 0.05) is 33.8 Å². The molecular formula is C16H16N3NaO3. The summed E-state index contributed by atoms with van der Waals surface area (Å²) in [5.74, 6) is -1.13. The van der Waals surface area contributed by atoms with Gasteiger partial charge < -0.3 is 22.5 Å². The van der Waals surface area contributed by atoms with Crippen molar-refractivity contribution in [2.45, 2.75) is 12.5 Å². The number of hydrogen-bond donors (Lipinski definition) is 4. The number of rotatable bonds is 4. The summed E-state index contributed by atoms with van der Waals surface area (Å²) in [5, 5.41) is 23.4. The van der Waals surface area contributed by atoms with Crippen molar-refractivity contribution in [2.75, 3.05) is 0 Å². The van der Waals surface area contributed by atoms with E-state index in [0.29, 0.717) is 5.56 Å². The van der Waals surface area contributed by atoms with Gasteiger partial charge >= 0.3 is 35.5 Å². The van der Waals surface area contributed by atoms with E-state index in [1.807, 2.05) is 36.4 Å². The van der Waals surface area contributed by atoms with Gasteiger partial charge in [-0.15, -0.1) is 0 Å². The number of oxime groups is 1. The van der Waals surface area contributed by atoms with Crippen molar-refractivity contribution in [2.24, 2.45) is 10.9 Å². The van der Waals surface area contributed by atoms with E-state index in [1.54, 1.807) is 6.07 Å². The molecule has 0 aliphatic carbocycles. The van der Waals surface area contributed by atoms with Gasteiger partial charge in [-0.05, 0) is 12.1 Å². The van der Waals surface area contributed by atoms with Crippen molar-refractivity contribution in [1.82, 2.24) is 4.98 Å². The Morgan fingerprint density at radius 3 is 2.61 bits per heavy atom. The van der Waals surface area contributed by atoms with Gasteiger partial charge in [-0.1, -0.05) is 35.5 Å². The van der Waals surface area contributed by atoms with Gasteiger partial charge in [0.25, 0.3) is 0 Å². The van der Waals surface area contributed by atoms with Crippen molar-refractivity contribution >= 4 is 33.5 Å². The van der Waals surface area contributed by atoms with E-state index in [1.165, 1.54) is 0 Å². The number of carboxylic acid groups (broad SMARTS) is 1. The van der Waals surface area contributed by atoms with E-state index in [-0.39, 0.29) is 43.1 Å². The second-order valence-corrected chi connectivity index (χ2v) is 5.13. The van der Waals surface area contributed by atoms with Gasteiger partial charge in [0.1, 0.15) is 6.04 Å². The number of aromatic amines is 1. The van der Waals surface area contributed by atoms with Gasteiger partial charge in [-0.2, -0.15) is 0 Å². The van der Waals surface area contributed by atoms with Gasteiger partial charge in [-0.3, -0.25) is 4.79 Å². The molecule has 1 aromatic heterocycles. The van der Waals surface area contributed by atoms with Crippen LogP contribution in [0, 0.1) is 0 Å². The molecule has 7 heteroatoms. The van der Waals surface area contributed by atoms with Crippen molar-refractivity contribution in [1.29, 1.82) is 0 Å². The monoisotopic (exact) mass is 321 g/mol. The summed E-state index contributed by atoms with van der Waals surface area (Å²) in [4.78, 5) is 14.1. The van der Waals surface area contributed by atoms with Crippen LogP contribution in [0.1, 0.15) is 13.4 Å². The second-order valence-electron chi connectivity index (χ2n) is 5.13. The Bertz CT molecular complexity index is 895. The smallest absolute Gasteiger partial charge is 1.00 e. The molecule has 0 radical (unpaired) electrons. The molecule has 0 aliphatic heterocycles. The van der Waals surface area contributed by atoms with Crippen LogP contribution < -0.4 is 35.3 Å². The van der Waals surface area contributed by atoms with E-state index in [0.717, 1.165) is 21.8 Å². The Morgan fingerprint density at radius 1 is 1.22 bits per heavy atom. The Hall–Kier alpha value is -1.86. The van der Waals surface area contributed by atoms with Crippen LogP contribution in [0.4, 0.5) is 0 Å². The fourth-order valence-corrected chi connectivity index (χ4v) is 2.55. The summed E-state index contributed by atoms with van der Waals surface area (Å²) >= 11 is 0. The summed E-state index contributed by atoms with van der Waals surface area (Å²) in [5.41, 5.74) is 8.29. The number of nitrogens with two attached hydrogens (primary N) is 1. The van der Waals surface area contributed by atoms with Gasteiger partial charge in [0.2, 0.25) is 0 Å². The maximum absolute atomic E-state index is 10.8. The fourth-order valence-electron chi connectivity index (χ4n) is 2.55. The van der Waals surface area contributed by atoms with Crippen LogP contribution in [0.2, 0.25) is 0 Å². The molecule has 5 N–H and O–H groups in total. The molecule has 1 atom stereocenters. The predicted molar refractivity (Wildman–Crippen MR) is 85.5 cm³/mol. The first kappa shape index (κ1) is 17.5. The Kier molecular flexibility index (Phi) is 5.43. The van der Waals surface area contributed by atoms with Crippen molar-refractivity contribution in [3.05, 3.63) is 48.0 Å². The van der Waals surface area contributed by atoms with Gasteiger partial charge in [0.15, 0.2) is 0 Å². The molecular weight excluding hydrogens is 305 g/mol. The number of H-pyrrole nitrogens is 1. The van der Waals surface area contributed by atoms with Crippen LogP contribution in [0.3, 0.4) is 0 Å². The molecule has 1 heterocycles. The number of nitrogens with one attached hydrogen (secondary N) is 1. The van der Waals surface area contributed by atoms with Crippen LogP contribution in [-0.4, -0.2) is 33.0 Å². The Balaban J connectivity index is 0.00000144. The number of carbonyl (C=O) groups is 1. The Morgan fingerprint density at radius 2 is 1.91 bits per heavy atom. The fraction of sp³-hybridized carbons (Fsp3) is 0.125. The number of fused-ring (bicyclic) bond motifs is 3. The third kappa shape index (κ3) is 3.40. The zero-order valence-corrected chi connectivity index (χ0v) is 14.7. The molecule has 0 saturated carbocycles. The second kappa shape index (κ2) is 7.14.